The van der Waals surface area contributed by atoms with Gasteiger partial charge in [-0.3, -0.25) is 4.79 Å². The fraction of sp³-hybridized carbons (Fsp3) is 0.286. The van der Waals surface area contributed by atoms with Crippen molar-refractivity contribution in [2.45, 2.75) is 31.0 Å². The number of ether oxygens (including phenoxy) is 2. The molecule has 0 unspecified atom stereocenters. The molecule has 5 heteroatoms. The molecule has 0 saturated carbocycles. The number of rotatable bonds is 7. The molecule has 0 aromatic heterocycles. The van der Waals surface area contributed by atoms with E-state index in [0.29, 0.717) is 0 Å². The van der Waals surface area contributed by atoms with Crippen molar-refractivity contribution in [1.82, 2.24) is 0 Å². The summed E-state index contributed by atoms with van der Waals surface area (Å²) in [7, 11) is 0. The summed E-state index contributed by atoms with van der Waals surface area (Å²) in [5.74, 6) is -0.586. The smallest absolute Gasteiger partial charge is 0.192 e. The average Bonchev–Trinajstić information content (AvgIpc) is 2.68. The van der Waals surface area contributed by atoms with Crippen molar-refractivity contribution in [2.24, 2.45) is 0 Å². The highest BCUT2D eigenvalue weighted by Gasteiger charge is 2.48. The SMILES string of the molecule is O=C1C=C[C@@H](OCc2ccccc2)[C@H](O)[C@@]1(O)COCc1ccccc1. The van der Waals surface area contributed by atoms with E-state index in [2.05, 4.69) is 0 Å². The van der Waals surface area contributed by atoms with Gasteiger partial charge < -0.3 is 19.7 Å². The van der Waals surface area contributed by atoms with Crippen LogP contribution in [0.4, 0.5) is 0 Å². The van der Waals surface area contributed by atoms with Crippen LogP contribution in [0.3, 0.4) is 0 Å². The van der Waals surface area contributed by atoms with Gasteiger partial charge in [0.1, 0.15) is 12.2 Å². The normalized spacial score (nSPS) is 25.4. The molecule has 0 bridgehead atoms. The van der Waals surface area contributed by atoms with E-state index >= 15 is 0 Å². The van der Waals surface area contributed by atoms with Crippen LogP contribution in [0, 0.1) is 0 Å². The van der Waals surface area contributed by atoms with Crippen molar-refractivity contribution in [3.63, 3.8) is 0 Å². The van der Waals surface area contributed by atoms with Crippen molar-refractivity contribution in [3.05, 3.63) is 83.9 Å². The maximum atomic E-state index is 12.2. The van der Waals surface area contributed by atoms with Crippen molar-refractivity contribution in [1.29, 1.82) is 0 Å². The Bertz CT molecular complexity index is 744. The summed E-state index contributed by atoms with van der Waals surface area (Å²) in [5.41, 5.74) is -0.166. The number of benzene rings is 2. The van der Waals surface area contributed by atoms with Crippen LogP contribution in [0.25, 0.3) is 0 Å². The summed E-state index contributed by atoms with van der Waals surface area (Å²) in [4.78, 5) is 12.2. The molecule has 5 nitrogen and oxygen atoms in total. The fourth-order valence-corrected chi connectivity index (χ4v) is 2.82. The zero-order valence-electron chi connectivity index (χ0n) is 14.3. The van der Waals surface area contributed by atoms with Crippen LogP contribution in [0.2, 0.25) is 0 Å². The van der Waals surface area contributed by atoms with Gasteiger partial charge in [0.2, 0.25) is 0 Å². The van der Waals surface area contributed by atoms with E-state index in [1.807, 2.05) is 60.7 Å². The molecule has 136 valence electrons. The molecule has 26 heavy (non-hydrogen) atoms. The number of carbonyl (C=O) groups is 1. The van der Waals surface area contributed by atoms with E-state index in [1.54, 1.807) is 0 Å². The highest BCUT2D eigenvalue weighted by atomic mass is 16.5. The third-order valence-corrected chi connectivity index (χ3v) is 4.38. The lowest BCUT2D eigenvalue weighted by atomic mass is 9.84. The van der Waals surface area contributed by atoms with Crippen LogP contribution in [-0.2, 0) is 27.5 Å². The summed E-state index contributed by atoms with van der Waals surface area (Å²) < 4.78 is 11.2. The molecule has 0 amide bonds. The molecule has 2 aromatic rings. The van der Waals surface area contributed by atoms with Crippen LogP contribution in [0.15, 0.2) is 72.8 Å². The van der Waals surface area contributed by atoms with Crippen molar-refractivity contribution in [3.8, 4) is 0 Å². The number of hydrogen-bond donors (Lipinski definition) is 2. The van der Waals surface area contributed by atoms with Crippen LogP contribution >= 0.6 is 0 Å². The second-order valence-electron chi connectivity index (χ2n) is 6.33. The Balaban J connectivity index is 1.60. The van der Waals surface area contributed by atoms with Gasteiger partial charge in [0.25, 0.3) is 0 Å². The monoisotopic (exact) mass is 354 g/mol. The van der Waals surface area contributed by atoms with Gasteiger partial charge in [-0.15, -0.1) is 0 Å². The Kier molecular flexibility index (Phi) is 5.96. The molecule has 1 aliphatic carbocycles. The zero-order valence-corrected chi connectivity index (χ0v) is 14.3. The number of carbonyl (C=O) groups excluding carboxylic acids is 1. The lowest BCUT2D eigenvalue weighted by Crippen LogP contribution is -2.59. The minimum Gasteiger partial charge on any atom is -0.386 e. The van der Waals surface area contributed by atoms with Gasteiger partial charge in [0.05, 0.1) is 19.8 Å². The van der Waals surface area contributed by atoms with Gasteiger partial charge in [-0.2, -0.15) is 0 Å². The summed E-state index contributed by atoms with van der Waals surface area (Å²) >= 11 is 0. The van der Waals surface area contributed by atoms with Crippen molar-refractivity contribution < 1.29 is 24.5 Å². The van der Waals surface area contributed by atoms with Crippen LogP contribution < -0.4 is 0 Å². The Hall–Kier alpha value is -2.31. The van der Waals surface area contributed by atoms with Gasteiger partial charge in [-0.1, -0.05) is 60.7 Å². The van der Waals surface area contributed by atoms with Gasteiger partial charge in [0, 0.05) is 0 Å². The minimum atomic E-state index is -2.02. The molecule has 0 aliphatic heterocycles. The predicted molar refractivity (Wildman–Crippen MR) is 96.2 cm³/mol. The van der Waals surface area contributed by atoms with Gasteiger partial charge >= 0.3 is 0 Å². The van der Waals surface area contributed by atoms with Gasteiger partial charge in [-0.05, 0) is 23.3 Å². The first-order chi connectivity index (χ1) is 12.6. The molecule has 0 heterocycles. The van der Waals surface area contributed by atoms with Crippen molar-refractivity contribution >= 4 is 5.78 Å². The van der Waals surface area contributed by atoms with Gasteiger partial charge in [-0.25, -0.2) is 0 Å². The maximum Gasteiger partial charge on any atom is 0.192 e. The molecule has 2 N–H and O–H groups in total. The average molecular weight is 354 g/mol. The third-order valence-electron chi connectivity index (χ3n) is 4.38. The maximum absolute atomic E-state index is 12.2. The van der Waals surface area contributed by atoms with E-state index in [9.17, 15) is 15.0 Å². The number of ketones is 1. The number of aliphatic hydroxyl groups is 2. The number of aliphatic hydroxyl groups excluding tert-OH is 1. The molecule has 0 spiro atoms. The summed E-state index contributed by atoms with van der Waals surface area (Å²) in [5, 5.41) is 21.2. The third kappa shape index (κ3) is 4.26. The standard InChI is InChI=1S/C21H22O5/c22-19-12-11-18(26-14-17-9-5-2-6-10-17)20(23)21(19,24)15-25-13-16-7-3-1-4-8-16/h1-12,18,20,23-24H,13-15H2/t18-,20+,21-/m1/s1. The molecule has 2 aromatic carbocycles. The molecular formula is C21H22O5. The quantitative estimate of drug-likeness (QED) is 0.796. The molecular weight excluding hydrogens is 332 g/mol. The second-order valence-corrected chi connectivity index (χ2v) is 6.33. The molecule has 0 radical (unpaired) electrons. The minimum absolute atomic E-state index is 0.238. The highest BCUT2D eigenvalue weighted by Crippen LogP contribution is 2.25. The Labute approximate surface area is 152 Å². The first-order valence-electron chi connectivity index (χ1n) is 8.50. The molecule has 3 rings (SSSR count). The molecule has 0 fully saturated rings. The van der Waals surface area contributed by atoms with E-state index in [1.165, 1.54) is 12.2 Å². The Morgan fingerprint density at radius 2 is 1.50 bits per heavy atom. The molecule has 3 atom stereocenters. The van der Waals surface area contributed by atoms with E-state index in [0.717, 1.165) is 11.1 Å². The Morgan fingerprint density at radius 1 is 0.923 bits per heavy atom. The van der Waals surface area contributed by atoms with Gasteiger partial charge in [0.15, 0.2) is 11.4 Å². The first kappa shape index (κ1) is 18.5. The van der Waals surface area contributed by atoms with Crippen LogP contribution in [-0.4, -0.2) is 40.4 Å². The summed E-state index contributed by atoms with van der Waals surface area (Å²) in [6, 6.07) is 18.9. The van der Waals surface area contributed by atoms with E-state index in [-0.39, 0.29) is 19.8 Å². The lowest BCUT2D eigenvalue weighted by molar-refractivity contribution is -0.177. The first-order valence-corrected chi connectivity index (χ1v) is 8.50. The molecule has 1 aliphatic rings. The fourth-order valence-electron chi connectivity index (χ4n) is 2.82. The van der Waals surface area contributed by atoms with E-state index < -0.39 is 23.6 Å². The molecule has 0 saturated heterocycles. The van der Waals surface area contributed by atoms with Crippen LogP contribution in [0.1, 0.15) is 11.1 Å². The number of hydrogen-bond acceptors (Lipinski definition) is 5. The van der Waals surface area contributed by atoms with E-state index in [4.69, 9.17) is 9.47 Å². The zero-order chi connectivity index (χ0) is 18.4. The highest BCUT2D eigenvalue weighted by molar-refractivity contribution is 5.98. The van der Waals surface area contributed by atoms with Crippen molar-refractivity contribution in [2.75, 3.05) is 6.61 Å². The summed E-state index contributed by atoms with van der Waals surface area (Å²) in [6.07, 6.45) is 0.522. The topological polar surface area (TPSA) is 76.0 Å². The predicted octanol–water partition coefficient (Wildman–Crippen LogP) is 2.02. The van der Waals surface area contributed by atoms with Crippen LogP contribution in [0.5, 0.6) is 0 Å². The lowest BCUT2D eigenvalue weighted by Gasteiger charge is -2.36. The second kappa shape index (κ2) is 8.38. The largest absolute Gasteiger partial charge is 0.386 e. The Morgan fingerprint density at radius 3 is 2.12 bits per heavy atom. The summed E-state index contributed by atoms with van der Waals surface area (Å²) in [6.45, 7) is 0.196.